The van der Waals surface area contributed by atoms with Crippen LogP contribution >= 0.6 is 0 Å². The average Bonchev–Trinajstić information content (AvgIpc) is 0.844. The van der Waals surface area contributed by atoms with Crippen LogP contribution in [0.15, 0.2) is 140 Å². The van der Waals surface area contributed by atoms with Crippen LogP contribution in [0.4, 0.5) is 0 Å². The molecule has 0 saturated heterocycles. The first-order valence-corrected chi connectivity index (χ1v) is 20.3. The highest BCUT2D eigenvalue weighted by Crippen LogP contribution is 2.46. The SMILES string of the molecule is [2H]c1c([2H])c(C(C([2H])([2H])[2H])(C([2H])([2H])[2H])C([2H])([2H])[2H])c([2H])c([2H])c1-c1ccnc(-c2cc(-c3cccc4c3nc(-c3cc(C(C([2H])([2H])[2H])(C([2H])([2H])[2H])C([2H])([2H])[2H])cc(C(C([2H])([2H])[2H])(C([2H])([2H])[2H])C([2H])([2H])[2H])c3O)n4-c3ccc(C(C([2H])([2H])[2H])(C([2H])([2H])[2H])C([2H])([2H])[2H])cc3-c3ccccc3)cc(C(C)(C)C)c2)c1. The number of fused-ring (bicyclic) bond motifs is 1. The number of benzene rings is 6. The van der Waals surface area contributed by atoms with Crippen LogP contribution in [-0.4, -0.2) is 19.6 Å². The molecule has 1 N–H and O–H groups in total. The van der Waals surface area contributed by atoms with Crippen molar-refractivity contribution < 1.29 is 59.9 Å². The second kappa shape index (κ2) is 16.6. The Bertz CT molecular complexity index is 4510. The maximum absolute atomic E-state index is 13.2. The Kier molecular flexibility index (Phi) is 4.54. The first-order chi connectivity index (χ1) is 47.5. The number of rotatable bonds is 6. The second-order valence-electron chi connectivity index (χ2n) is 17.2. The Morgan fingerprint density at radius 1 is 0.485 bits per heavy atom. The number of phenolic OH excluding ortho intramolecular Hbond substituents is 1. The van der Waals surface area contributed by atoms with Crippen LogP contribution in [0.25, 0.3) is 72.7 Å². The number of phenols is 1. The summed E-state index contributed by atoms with van der Waals surface area (Å²) in [6.45, 7) is -44.5. The molecule has 0 atom stereocenters. The lowest BCUT2D eigenvalue weighted by Gasteiger charge is -2.28. The van der Waals surface area contributed by atoms with Gasteiger partial charge in [-0.05, 0) is 120 Å². The minimum atomic E-state index is -4.44. The van der Waals surface area contributed by atoms with Gasteiger partial charge in [-0.25, -0.2) is 4.98 Å². The van der Waals surface area contributed by atoms with Gasteiger partial charge in [0.1, 0.15) is 11.6 Å². The van der Waals surface area contributed by atoms with E-state index in [1.807, 2.05) is 0 Å². The predicted molar refractivity (Wildman–Crippen MR) is 281 cm³/mol. The third-order valence-corrected chi connectivity index (χ3v) is 11.1. The van der Waals surface area contributed by atoms with E-state index in [2.05, 4.69) is 4.98 Å². The molecule has 8 rings (SSSR count). The second-order valence-corrected chi connectivity index (χ2v) is 17.2. The van der Waals surface area contributed by atoms with Gasteiger partial charge >= 0.3 is 0 Å². The number of imidazole rings is 1. The highest BCUT2D eigenvalue weighted by Gasteiger charge is 2.30. The molecule has 66 heavy (non-hydrogen) atoms. The quantitative estimate of drug-likeness (QED) is 0.181. The third kappa shape index (κ3) is 9.12. The molecule has 4 heteroatoms. The van der Waals surface area contributed by atoms with Crippen molar-refractivity contribution in [2.45, 2.75) is 130 Å². The lowest BCUT2D eigenvalue weighted by Crippen LogP contribution is -2.17. The average molecular weight is 912 g/mol. The summed E-state index contributed by atoms with van der Waals surface area (Å²) in [4.78, 5) is 9.54. The summed E-state index contributed by atoms with van der Waals surface area (Å²) in [6.07, 6.45) is 1.17. The van der Waals surface area contributed by atoms with Crippen molar-refractivity contribution in [1.29, 1.82) is 0 Å². The van der Waals surface area contributed by atoms with E-state index in [1.165, 1.54) is 72.9 Å². The molecular weight excluding hydrogens is 803 g/mol. The fourth-order valence-corrected chi connectivity index (χ4v) is 7.63. The van der Waals surface area contributed by atoms with Crippen LogP contribution in [0.5, 0.6) is 5.75 Å². The van der Waals surface area contributed by atoms with E-state index in [-0.39, 0.29) is 61.9 Å². The Morgan fingerprint density at radius 2 is 1.12 bits per heavy atom. The molecule has 0 radical (unpaired) electrons. The summed E-state index contributed by atoms with van der Waals surface area (Å²) >= 11 is 0. The van der Waals surface area contributed by atoms with Crippen LogP contribution in [0.1, 0.15) is 186 Å². The van der Waals surface area contributed by atoms with Gasteiger partial charge in [-0.3, -0.25) is 9.55 Å². The lowest BCUT2D eigenvalue weighted by atomic mass is 9.79. The van der Waals surface area contributed by atoms with E-state index in [1.54, 1.807) is 32.9 Å². The number of aromatic nitrogens is 3. The number of pyridine rings is 1. The smallest absolute Gasteiger partial charge is 0.149 e. The van der Waals surface area contributed by atoms with Gasteiger partial charge in [0.2, 0.25) is 0 Å². The Hall–Kier alpha value is -6.26. The summed E-state index contributed by atoms with van der Waals surface area (Å²) in [5.74, 6) is -2.59. The molecule has 0 aliphatic heterocycles. The van der Waals surface area contributed by atoms with E-state index in [0.29, 0.717) is 11.6 Å². The molecule has 0 unspecified atom stereocenters. The lowest BCUT2D eigenvalue weighted by molar-refractivity contribution is 0.446. The van der Waals surface area contributed by atoms with Crippen molar-refractivity contribution >= 4 is 11.0 Å². The minimum absolute atomic E-state index is 0.000968. The largest absolute Gasteiger partial charge is 0.507 e. The first kappa shape index (κ1) is 18.1. The van der Waals surface area contributed by atoms with Gasteiger partial charge in [0.05, 0.1) is 33.5 Å². The summed E-state index contributed by atoms with van der Waals surface area (Å²) in [5.41, 5.74) is -25.3. The van der Waals surface area contributed by atoms with Crippen molar-refractivity contribution in [1.82, 2.24) is 14.5 Å². The van der Waals surface area contributed by atoms with E-state index in [4.69, 9.17) is 57.1 Å². The van der Waals surface area contributed by atoms with Gasteiger partial charge in [0.25, 0.3) is 0 Å². The van der Waals surface area contributed by atoms with E-state index in [0.717, 1.165) is 22.8 Å². The van der Waals surface area contributed by atoms with Gasteiger partial charge in [0, 0.05) is 77.8 Å². The predicted octanol–water partition coefficient (Wildman–Crippen LogP) is 16.9. The number of aromatic hydroxyl groups is 1. The molecule has 2 aromatic heterocycles. The molecule has 6 aromatic carbocycles. The summed E-state index contributed by atoms with van der Waals surface area (Å²) in [7, 11) is 0. The standard InChI is InChI=1S/C62H69N3O/c1-58(2,3)44-26-24-39(25-27-44)41-30-31-63-52(35-41)43-32-42(33-46(34-43)60(7,8)9)48-22-19-23-54-55(48)64-57(50-37-47(61(10,11)12)38-51(56(50)66)62(13,14)15)65(54)53-29-28-45(59(4,5)6)36-49(53)40-20-17-16-18-21-40/h16-38,66H,1-15H3/i1D3,2D3,3D3,4D3,5D3,6D3,10D3,11D3,12D3,13D3,14D3,15D3,24D,25D,26D,27D. The maximum atomic E-state index is 13.2. The Morgan fingerprint density at radius 3 is 1.80 bits per heavy atom. The van der Waals surface area contributed by atoms with Gasteiger partial charge in [-0.15, -0.1) is 0 Å². The molecule has 0 saturated carbocycles. The highest BCUT2D eigenvalue weighted by molar-refractivity contribution is 5.98. The highest BCUT2D eigenvalue weighted by atomic mass is 16.3. The summed E-state index contributed by atoms with van der Waals surface area (Å²) in [6, 6.07) is 17.0. The van der Waals surface area contributed by atoms with Crippen molar-refractivity contribution in [3.8, 4) is 67.5 Å². The molecule has 0 aliphatic carbocycles. The van der Waals surface area contributed by atoms with Crippen LogP contribution in [0.2, 0.25) is 0 Å². The fraction of sp³-hybridized carbons (Fsp3) is 0.323. The van der Waals surface area contributed by atoms with E-state index in [9.17, 15) is 7.85 Å². The zero-order valence-corrected chi connectivity index (χ0v) is 35.8. The first-order valence-electron chi connectivity index (χ1n) is 40.3. The van der Waals surface area contributed by atoms with Crippen LogP contribution in [0.3, 0.4) is 0 Å². The summed E-state index contributed by atoms with van der Waals surface area (Å²) in [5, 5.41) is 13.2. The van der Waals surface area contributed by atoms with Gasteiger partial charge < -0.3 is 5.11 Å². The maximum Gasteiger partial charge on any atom is 0.149 e. The fourth-order valence-electron chi connectivity index (χ4n) is 7.63. The van der Waals surface area contributed by atoms with Crippen LogP contribution in [-0.2, 0) is 27.1 Å². The number of para-hydroxylation sites is 1. The zero-order chi connectivity index (χ0) is 81.2. The molecule has 2 heterocycles. The molecular formula is C62H69N3O. The molecule has 8 aromatic rings. The van der Waals surface area contributed by atoms with Crippen molar-refractivity contribution in [3.63, 3.8) is 0 Å². The molecule has 0 bridgehead atoms. The molecule has 0 aliphatic rings. The Balaban J connectivity index is 1.64. The monoisotopic (exact) mass is 912 g/mol. The number of hydrogen-bond donors (Lipinski definition) is 1. The van der Waals surface area contributed by atoms with Gasteiger partial charge in [-0.1, -0.05) is 188 Å². The summed E-state index contributed by atoms with van der Waals surface area (Å²) < 4.78 is 349. The van der Waals surface area contributed by atoms with Gasteiger partial charge in [0.15, 0.2) is 0 Å². The number of nitrogens with zero attached hydrogens (tertiary/aromatic N) is 3. The third-order valence-electron chi connectivity index (χ3n) is 11.1. The van der Waals surface area contributed by atoms with Crippen molar-refractivity contribution in [2.75, 3.05) is 0 Å². The topological polar surface area (TPSA) is 50.9 Å². The van der Waals surface area contributed by atoms with Gasteiger partial charge in [-0.2, -0.15) is 0 Å². The van der Waals surface area contributed by atoms with E-state index < -0.39 is 178 Å². The Labute approximate surface area is 451 Å². The minimum Gasteiger partial charge on any atom is -0.507 e. The molecule has 0 spiro atoms. The van der Waals surface area contributed by atoms with Crippen LogP contribution < -0.4 is 0 Å². The van der Waals surface area contributed by atoms with Crippen molar-refractivity contribution in [2.24, 2.45) is 0 Å². The number of hydrogen-bond acceptors (Lipinski definition) is 3. The van der Waals surface area contributed by atoms with Crippen molar-refractivity contribution in [3.05, 3.63) is 167 Å². The molecule has 338 valence electrons. The zero-order valence-electron chi connectivity index (χ0n) is 75.8. The van der Waals surface area contributed by atoms with E-state index >= 15 is 0 Å². The van der Waals surface area contributed by atoms with Crippen LogP contribution in [0, 0.1) is 0 Å². The molecule has 0 amide bonds. The normalized spacial score (nSPS) is 24.0. The molecule has 0 fully saturated rings. The molecule has 4 nitrogen and oxygen atoms in total.